The monoisotopic (exact) mass is 563 g/mol. The molecule has 1 fully saturated rings. The Hall–Kier alpha value is -2.78. The van der Waals surface area contributed by atoms with Gasteiger partial charge in [0.25, 0.3) is 0 Å². The van der Waals surface area contributed by atoms with E-state index in [0.29, 0.717) is 22.0 Å². The van der Waals surface area contributed by atoms with Gasteiger partial charge in [-0.25, -0.2) is 8.42 Å². The molecule has 1 atom stereocenters. The minimum atomic E-state index is -3.60. The summed E-state index contributed by atoms with van der Waals surface area (Å²) in [5.74, 6) is 0.261. The molecule has 0 aliphatic heterocycles. The van der Waals surface area contributed by atoms with Crippen molar-refractivity contribution < 1.29 is 22.7 Å². The predicted octanol–water partition coefficient (Wildman–Crippen LogP) is 4.68. The third kappa shape index (κ3) is 7.86. The number of carbonyl (C=O) groups is 2. The third-order valence-corrected chi connectivity index (χ3v) is 8.61. The maximum absolute atomic E-state index is 13.5. The van der Waals surface area contributed by atoms with Gasteiger partial charge in [-0.15, -0.1) is 0 Å². The SMILES string of the molecule is COc1cccc(CN(C(=O)CCCN(c2cccc(Cl)c2C)S(C)(=O)=O)[C@H](C)C(=O)NC2CCCC2)c1. The molecule has 0 spiro atoms. The molecule has 2 aromatic rings. The Kier molecular flexibility index (Phi) is 10.4. The van der Waals surface area contributed by atoms with Gasteiger partial charge in [0.2, 0.25) is 21.8 Å². The van der Waals surface area contributed by atoms with Crippen molar-refractivity contribution in [2.24, 2.45) is 0 Å². The van der Waals surface area contributed by atoms with Crippen molar-refractivity contribution in [2.75, 3.05) is 24.2 Å². The van der Waals surface area contributed by atoms with E-state index in [1.165, 1.54) is 4.31 Å². The molecule has 1 aliphatic carbocycles. The third-order valence-electron chi connectivity index (χ3n) is 7.02. The number of benzene rings is 2. The quantitative estimate of drug-likeness (QED) is 0.404. The van der Waals surface area contributed by atoms with Gasteiger partial charge < -0.3 is 15.0 Å². The summed E-state index contributed by atoms with van der Waals surface area (Å²) in [6, 6.07) is 12.0. The zero-order valence-electron chi connectivity index (χ0n) is 22.6. The molecular weight excluding hydrogens is 526 g/mol. The molecular formula is C28H38ClN3O5S. The molecule has 0 radical (unpaired) electrons. The number of amides is 2. The van der Waals surface area contributed by atoms with Crippen LogP contribution in [0.2, 0.25) is 5.02 Å². The van der Waals surface area contributed by atoms with Crippen molar-refractivity contribution in [1.29, 1.82) is 0 Å². The molecule has 1 saturated carbocycles. The topological polar surface area (TPSA) is 96.0 Å². The molecule has 2 amide bonds. The van der Waals surface area contributed by atoms with Gasteiger partial charge >= 0.3 is 0 Å². The van der Waals surface area contributed by atoms with Gasteiger partial charge in [-0.05, 0) is 68.5 Å². The van der Waals surface area contributed by atoms with Gasteiger partial charge in [-0.3, -0.25) is 13.9 Å². The molecule has 1 aliphatic rings. The van der Waals surface area contributed by atoms with E-state index in [4.69, 9.17) is 16.3 Å². The maximum atomic E-state index is 13.5. The highest BCUT2D eigenvalue weighted by Gasteiger charge is 2.29. The number of anilines is 1. The van der Waals surface area contributed by atoms with Gasteiger partial charge in [-0.2, -0.15) is 0 Å². The number of nitrogens with zero attached hydrogens (tertiary/aromatic N) is 2. The molecule has 208 valence electrons. The van der Waals surface area contributed by atoms with E-state index in [1.807, 2.05) is 24.3 Å². The summed E-state index contributed by atoms with van der Waals surface area (Å²) in [4.78, 5) is 28.2. The van der Waals surface area contributed by atoms with E-state index in [9.17, 15) is 18.0 Å². The van der Waals surface area contributed by atoms with Crippen LogP contribution in [0, 0.1) is 6.92 Å². The predicted molar refractivity (Wildman–Crippen MR) is 151 cm³/mol. The number of ether oxygens (including phenoxy) is 1. The molecule has 8 nitrogen and oxygen atoms in total. The molecule has 1 N–H and O–H groups in total. The van der Waals surface area contributed by atoms with Gasteiger partial charge in [0.05, 0.1) is 19.1 Å². The van der Waals surface area contributed by atoms with E-state index in [2.05, 4.69) is 5.32 Å². The first-order valence-corrected chi connectivity index (χ1v) is 15.2. The second-order valence-electron chi connectivity index (χ2n) is 9.86. The highest BCUT2D eigenvalue weighted by Crippen LogP contribution is 2.28. The second kappa shape index (κ2) is 13.3. The number of hydrogen-bond donors (Lipinski definition) is 1. The zero-order valence-corrected chi connectivity index (χ0v) is 24.1. The number of methoxy groups -OCH3 is 1. The number of carbonyl (C=O) groups excluding carboxylic acids is 2. The van der Waals surface area contributed by atoms with Crippen molar-refractivity contribution in [3.8, 4) is 5.75 Å². The Morgan fingerprint density at radius 1 is 1.16 bits per heavy atom. The van der Waals surface area contributed by atoms with Crippen molar-refractivity contribution in [1.82, 2.24) is 10.2 Å². The Morgan fingerprint density at radius 2 is 1.84 bits per heavy atom. The molecule has 0 aromatic heterocycles. The van der Waals surface area contributed by atoms with Crippen LogP contribution in [0.25, 0.3) is 0 Å². The summed E-state index contributed by atoms with van der Waals surface area (Å²) < 4.78 is 31.8. The minimum absolute atomic E-state index is 0.0800. The van der Waals surface area contributed by atoms with E-state index >= 15 is 0 Å². The first kappa shape index (κ1) is 29.8. The molecule has 2 aromatic carbocycles. The van der Waals surface area contributed by atoms with E-state index in [0.717, 1.165) is 37.5 Å². The van der Waals surface area contributed by atoms with Crippen LogP contribution < -0.4 is 14.4 Å². The average molecular weight is 564 g/mol. The highest BCUT2D eigenvalue weighted by molar-refractivity contribution is 7.92. The van der Waals surface area contributed by atoms with Crippen LogP contribution in [0.1, 0.15) is 56.6 Å². The van der Waals surface area contributed by atoms with Gasteiger partial charge in [0, 0.05) is 30.6 Å². The van der Waals surface area contributed by atoms with Crippen molar-refractivity contribution >= 4 is 39.1 Å². The lowest BCUT2D eigenvalue weighted by Gasteiger charge is -2.30. The number of nitrogens with one attached hydrogen (secondary N) is 1. The Labute approximate surface area is 231 Å². The van der Waals surface area contributed by atoms with Crippen LogP contribution in [-0.2, 0) is 26.2 Å². The Bertz CT molecular complexity index is 1230. The molecule has 10 heteroatoms. The summed E-state index contributed by atoms with van der Waals surface area (Å²) >= 11 is 6.23. The minimum Gasteiger partial charge on any atom is -0.497 e. The lowest BCUT2D eigenvalue weighted by molar-refractivity contribution is -0.141. The molecule has 3 rings (SSSR count). The lowest BCUT2D eigenvalue weighted by atomic mass is 10.1. The number of halogens is 1. The standard InChI is InChI=1S/C28H38ClN3O5S/c1-20-25(29)14-8-15-26(20)32(38(4,35)36)17-9-16-27(33)31(19-22-10-7-13-24(18-22)37-3)21(2)28(34)30-23-11-5-6-12-23/h7-8,10,13-15,18,21,23H,5-6,9,11-12,16-17,19H2,1-4H3,(H,30,34)/t21-/m1/s1. The van der Waals surface area contributed by atoms with Crippen LogP contribution in [0.5, 0.6) is 5.75 Å². The van der Waals surface area contributed by atoms with Crippen molar-refractivity contribution in [2.45, 2.75) is 71.0 Å². The van der Waals surface area contributed by atoms with Crippen LogP contribution in [-0.4, -0.2) is 57.1 Å². The van der Waals surface area contributed by atoms with E-state index in [1.54, 1.807) is 44.1 Å². The van der Waals surface area contributed by atoms with Crippen molar-refractivity contribution in [3.63, 3.8) is 0 Å². The van der Waals surface area contributed by atoms with Crippen LogP contribution >= 0.6 is 11.6 Å². The first-order valence-electron chi connectivity index (χ1n) is 13.0. The van der Waals surface area contributed by atoms with Crippen LogP contribution in [0.4, 0.5) is 5.69 Å². The Morgan fingerprint density at radius 3 is 2.50 bits per heavy atom. The normalized spacial score (nSPS) is 14.7. The van der Waals surface area contributed by atoms with Gasteiger partial charge in [-0.1, -0.05) is 42.6 Å². The van der Waals surface area contributed by atoms with Gasteiger partial charge in [0.1, 0.15) is 11.8 Å². The van der Waals surface area contributed by atoms with E-state index in [-0.39, 0.29) is 43.8 Å². The first-order chi connectivity index (χ1) is 18.0. The summed E-state index contributed by atoms with van der Waals surface area (Å²) in [6.45, 7) is 3.85. The summed E-state index contributed by atoms with van der Waals surface area (Å²) in [5.41, 5.74) is 1.98. The molecule has 0 heterocycles. The molecule has 0 unspecified atom stereocenters. The summed E-state index contributed by atoms with van der Waals surface area (Å²) in [6.07, 6.45) is 5.59. The maximum Gasteiger partial charge on any atom is 0.242 e. The van der Waals surface area contributed by atoms with Gasteiger partial charge in [0.15, 0.2) is 0 Å². The number of rotatable bonds is 12. The number of sulfonamides is 1. The Balaban J connectivity index is 1.75. The van der Waals surface area contributed by atoms with Crippen molar-refractivity contribution in [3.05, 3.63) is 58.6 Å². The zero-order chi connectivity index (χ0) is 27.9. The van der Waals surface area contributed by atoms with Crippen LogP contribution in [0.15, 0.2) is 42.5 Å². The summed E-state index contributed by atoms with van der Waals surface area (Å²) in [5, 5.41) is 3.56. The fraction of sp³-hybridized carbons (Fsp3) is 0.500. The number of hydrogen-bond acceptors (Lipinski definition) is 5. The van der Waals surface area contributed by atoms with Crippen LogP contribution in [0.3, 0.4) is 0 Å². The molecule has 0 bridgehead atoms. The average Bonchev–Trinajstić information content (AvgIpc) is 3.39. The summed E-state index contributed by atoms with van der Waals surface area (Å²) in [7, 11) is -2.02. The molecule has 38 heavy (non-hydrogen) atoms. The second-order valence-corrected chi connectivity index (χ2v) is 12.2. The van der Waals surface area contributed by atoms with E-state index < -0.39 is 16.1 Å². The lowest BCUT2D eigenvalue weighted by Crippen LogP contribution is -2.49. The fourth-order valence-electron chi connectivity index (χ4n) is 4.79. The fourth-order valence-corrected chi connectivity index (χ4v) is 5.98. The largest absolute Gasteiger partial charge is 0.497 e. The molecule has 0 saturated heterocycles. The highest BCUT2D eigenvalue weighted by atomic mass is 35.5. The smallest absolute Gasteiger partial charge is 0.242 e.